The van der Waals surface area contributed by atoms with E-state index in [0.717, 1.165) is 25.7 Å². The van der Waals surface area contributed by atoms with Gasteiger partial charge in [0.15, 0.2) is 0 Å². The van der Waals surface area contributed by atoms with Crippen LogP contribution in [0.1, 0.15) is 38.5 Å². The highest BCUT2D eigenvalue weighted by atomic mass is 19.4. The smallest absolute Gasteiger partial charge is 0.330 e. The summed E-state index contributed by atoms with van der Waals surface area (Å²) in [5.74, 6) is -2.77. The van der Waals surface area contributed by atoms with E-state index in [9.17, 15) is 31.1 Å². The molecule has 0 radical (unpaired) electrons. The average molecular weight is 370 g/mol. The molecule has 1 fully saturated rings. The Morgan fingerprint density at radius 2 is 1.72 bits per heavy atom. The van der Waals surface area contributed by atoms with E-state index in [-0.39, 0.29) is 30.2 Å². The molecule has 2 rings (SSSR count). The minimum Gasteiger partial charge on any atom is -0.330 e. The van der Waals surface area contributed by atoms with Crippen LogP contribution in [0.5, 0.6) is 0 Å². The summed E-state index contributed by atoms with van der Waals surface area (Å²) in [5, 5.41) is 2.23. The first-order valence-corrected chi connectivity index (χ1v) is 8.07. The summed E-state index contributed by atoms with van der Waals surface area (Å²) in [6, 6.07) is 0.0902. The van der Waals surface area contributed by atoms with Gasteiger partial charge in [0.05, 0.1) is 11.5 Å². The van der Waals surface area contributed by atoms with E-state index in [0.29, 0.717) is 6.08 Å². The number of alkyl halides is 6. The van der Waals surface area contributed by atoms with E-state index in [2.05, 4.69) is 5.32 Å². The van der Waals surface area contributed by atoms with E-state index in [1.807, 2.05) is 0 Å². The summed E-state index contributed by atoms with van der Waals surface area (Å²) in [6.45, 7) is 0. The lowest BCUT2D eigenvalue weighted by molar-refractivity contribution is -0.163. The largest absolute Gasteiger partial charge is 0.416 e. The van der Waals surface area contributed by atoms with Crippen molar-refractivity contribution in [2.45, 2.75) is 56.9 Å². The molecule has 0 aliphatic heterocycles. The van der Waals surface area contributed by atoms with Gasteiger partial charge in [0, 0.05) is 24.6 Å². The second-order valence-electron chi connectivity index (χ2n) is 6.67. The van der Waals surface area contributed by atoms with Crippen molar-refractivity contribution >= 4 is 5.91 Å². The number of rotatable bonds is 3. The van der Waals surface area contributed by atoms with E-state index in [4.69, 9.17) is 5.73 Å². The van der Waals surface area contributed by atoms with Gasteiger partial charge in [-0.2, -0.15) is 26.3 Å². The van der Waals surface area contributed by atoms with Crippen molar-refractivity contribution in [3.8, 4) is 0 Å². The van der Waals surface area contributed by atoms with Crippen molar-refractivity contribution in [2.24, 2.45) is 17.6 Å². The lowest BCUT2D eigenvalue weighted by atomic mass is 9.84. The van der Waals surface area contributed by atoms with E-state index < -0.39 is 36.2 Å². The molecule has 0 aromatic carbocycles. The minimum absolute atomic E-state index is 0.0556. The van der Waals surface area contributed by atoms with Crippen LogP contribution in [-0.2, 0) is 4.79 Å². The fourth-order valence-corrected chi connectivity index (χ4v) is 3.17. The first-order chi connectivity index (χ1) is 11.4. The number of carbonyl (C=O) groups excluding carboxylic acids is 1. The second kappa shape index (κ2) is 7.39. The summed E-state index contributed by atoms with van der Waals surface area (Å²) in [6.07, 6.45) is -6.61. The van der Waals surface area contributed by atoms with Gasteiger partial charge in [-0.25, -0.2) is 0 Å². The molecule has 3 nitrogen and oxygen atoms in total. The predicted molar refractivity (Wildman–Crippen MR) is 79.1 cm³/mol. The Kier molecular flexibility index (Phi) is 5.86. The molecule has 0 saturated heterocycles. The van der Waals surface area contributed by atoms with Crippen LogP contribution in [0, 0.1) is 11.8 Å². The normalized spacial score (nSPS) is 28.2. The molecular formula is C16H20F6N2O. The summed E-state index contributed by atoms with van der Waals surface area (Å²) < 4.78 is 77.0. The molecule has 9 heteroatoms. The van der Waals surface area contributed by atoms with Crippen LogP contribution >= 0.6 is 0 Å². The van der Waals surface area contributed by atoms with Gasteiger partial charge in [-0.3, -0.25) is 4.79 Å². The number of nitrogens with one attached hydrogen (secondary N) is 1. The van der Waals surface area contributed by atoms with Gasteiger partial charge in [0.2, 0.25) is 5.91 Å². The van der Waals surface area contributed by atoms with Crippen molar-refractivity contribution in [3.05, 3.63) is 23.4 Å². The molecule has 0 heterocycles. The maximum Gasteiger partial charge on any atom is 0.416 e. The fourth-order valence-electron chi connectivity index (χ4n) is 3.17. The van der Waals surface area contributed by atoms with Crippen LogP contribution in [0.4, 0.5) is 26.3 Å². The minimum atomic E-state index is -4.90. The van der Waals surface area contributed by atoms with Gasteiger partial charge in [0.25, 0.3) is 0 Å². The summed E-state index contributed by atoms with van der Waals surface area (Å²) >= 11 is 0. The quantitative estimate of drug-likeness (QED) is 0.739. The second-order valence-corrected chi connectivity index (χ2v) is 6.67. The highest BCUT2D eigenvalue weighted by Gasteiger charge is 2.44. The fraction of sp³-hybridized carbons (Fsp3) is 0.688. The van der Waals surface area contributed by atoms with Gasteiger partial charge in [-0.05, 0) is 37.7 Å². The van der Waals surface area contributed by atoms with Crippen LogP contribution < -0.4 is 11.1 Å². The molecule has 25 heavy (non-hydrogen) atoms. The van der Waals surface area contributed by atoms with Crippen molar-refractivity contribution < 1.29 is 31.1 Å². The van der Waals surface area contributed by atoms with Crippen molar-refractivity contribution in [3.63, 3.8) is 0 Å². The standard InChI is InChI=1S/C16H20F6N2O/c17-15(18,19)10-6-11(16(20,21)22)8-13(7-10)24-14(25)5-9-1-3-12(23)4-2-9/h6-7,9,11-12H,1-5,8,23H2,(H,24,25)/t9-,11?,12+. The van der Waals surface area contributed by atoms with Crippen LogP contribution in [-0.4, -0.2) is 24.3 Å². The number of amides is 1. The summed E-state index contributed by atoms with van der Waals surface area (Å²) in [4.78, 5) is 12.0. The number of hydrogen-bond donors (Lipinski definition) is 2. The maximum absolute atomic E-state index is 12.9. The Morgan fingerprint density at radius 3 is 2.24 bits per heavy atom. The summed E-state index contributed by atoms with van der Waals surface area (Å²) in [5.41, 5.74) is 4.02. The molecule has 1 amide bonds. The van der Waals surface area contributed by atoms with Crippen molar-refractivity contribution in [2.75, 3.05) is 0 Å². The highest BCUT2D eigenvalue weighted by molar-refractivity contribution is 5.78. The zero-order valence-electron chi connectivity index (χ0n) is 13.4. The Hall–Kier alpha value is -1.51. The molecule has 0 aromatic rings. The first kappa shape index (κ1) is 19.8. The zero-order chi connectivity index (χ0) is 18.8. The molecule has 1 saturated carbocycles. The number of allylic oxidation sites excluding steroid dienone is 4. The Balaban J connectivity index is 2.03. The molecule has 0 aromatic heterocycles. The third-order valence-corrected chi connectivity index (χ3v) is 4.56. The zero-order valence-corrected chi connectivity index (χ0v) is 13.4. The Labute approximate surface area is 141 Å². The molecule has 142 valence electrons. The van der Waals surface area contributed by atoms with Crippen molar-refractivity contribution in [1.82, 2.24) is 5.32 Å². The van der Waals surface area contributed by atoms with Crippen LogP contribution in [0.25, 0.3) is 0 Å². The lowest BCUT2D eigenvalue weighted by Crippen LogP contribution is -2.34. The molecule has 0 bridgehead atoms. The first-order valence-electron chi connectivity index (χ1n) is 8.07. The topological polar surface area (TPSA) is 55.1 Å². The SMILES string of the molecule is N[C@H]1CC[C@@H](CC(=O)NC2=CC(C(F)(F)F)=CC(C(F)(F)F)C2)CC1. The Bertz CT molecular complexity index is 556. The number of hydrogen-bond acceptors (Lipinski definition) is 2. The number of nitrogens with two attached hydrogens (primary N) is 1. The van der Waals surface area contributed by atoms with Crippen LogP contribution in [0.3, 0.4) is 0 Å². The predicted octanol–water partition coefficient (Wildman–Crippen LogP) is 3.97. The summed E-state index contributed by atoms with van der Waals surface area (Å²) in [7, 11) is 0. The molecule has 0 spiro atoms. The third-order valence-electron chi connectivity index (χ3n) is 4.56. The lowest BCUT2D eigenvalue weighted by Gasteiger charge is -2.27. The van der Waals surface area contributed by atoms with E-state index in [1.165, 1.54) is 0 Å². The van der Waals surface area contributed by atoms with Gasteiger partial charge < -0.3 is 11.1 Å². The average Bonchev–Trinajstić information content (AvgIpc) is 2.47. The van der Waals surface area contributed by atoms with Gasteiger partial charge in [-0.15, -0.1) is 0 Å². The van der Waals surface area contributed by atoms with E-state index >= 15 is 0 Å². The molecule has 2 aliphatic carbocycles. The van der Waals surface area contributed by atoms with Gasteiger partial charge in [-0.1, -0.05) is 6.08 Å². The van der Waals surface area contributed by atoms with Crippen LogP contribution in [0.2, 0.25) is 0 Å². The Morgan fingerprint density at radius 1 is 1.12 bits per heavy atom. The molecule has 1 atom stereocenters. The van der Waals surface area contributed by atoms with Gasteiger partial charge >= 0.3 is 12.4 Å². The molecule has 2 aliphatic rings. The van der Waals surface area contributed by atoms with Crippen molar-refractivity contribution in [1.29, 1.82) is 0 Å². The third kappa shape index (κ3) is 5.76. The maximum atomic E-state index is 12.9. The number of carbonyl (C=O) groups is 1. The number of halogens is 6. The monoisotopic (exact) mass is 370 g/mol. The van der Waals surface area contributed by atoms with Gasteiger partial charge in [0.1, 0.15) is 0 Å². The van der Waals surface area contributed by atoms with E-state index in [1.54, 1.807) is 0 Å². The van der Waals surface area contributed by atoms with Crippen LogP contribution in [0.15, 0.2) is 23.4 Å². The molecular weight excluding hydrogens is 350 g/mol. The molecule has 3 N–H and O–H groups in total. The highest BCUT2D eigenvalue weighted by Crippen LogP contribution is 2.40. The molecule has 1 unspecified atom stereocenters.